The molecule has 2 fully saturated rings. The van der Waals surface area contributed by atoms with Gasteiger partial charge in [-0.3, -0.25) is 4.98 Å². The second-order valence-electron chi connectivity index (χ2n) is 10.7. The summed E-state index contributed by atoms with van der Waals surface area (Å²) in [5, 5.41) is 16.9. The van der Waals surface area contributed by atoms with Gasteiger partial charge in [-0.15, -0.1) is 0 Å². The third kappa shape index (κ3) is 7.37. The van der Waals surface area contributed by atoms with Gasteiger partial charge in [0, 0.05) is 31.0 Å². The van der Waals surface area contributed by atoms with Crippen LogP contribution in [0.1, 0.15) is 77.7 Å². The fraction of sp³-hybridized carbons (Fsp3) is 0.679. The van der Waals surface area contributed by atoms with Crippen LogP contribution in [0.25, 0.3) is 11.3 Å². The zero-order valence-electron chi connectivity index (χ0n) is 21.8. The molecule has 0 amide bonds. The van der Waals surface area contributed by atoms with E-state index >= 15 is 0 Å². The van der Waals surface area contributed by atoms with E-state index < -0.39 is 0 Å². The minimum atomic E-state index is -0.170. The molecule has 4 rings (SSSR count). The number of unbranched alkanes of at least 4 members (excludes halogenated alkanes) is 1. The maximum Gasteiger partial charge on any atom is 0.224 e. The number of aliphatic hydroxyl groups excluding tert-OH is 1. The molecule has 2 aromatic heterocycles. The minimum Gasteiger partial charge on any atom is -0.393 e. The average Bonchev–Trinajstić information content (AvgIpc) is 2.87. The summed E-state index contributed by atoms with van der Waals surface area (Å²) in [6.45, 7) is 10.0. The van der Waals surface area contributed by atoms with Crippen LogP contribution in [0.5, 0.6) is 0 Å². The lowest BCUT2D eigenvalue weighted by Crippen LogP contribution is -2.38. The molecule has 2 aliphatic rings. The van der Waals surface area contributed by atoms with Crippen LogP contribution >= 0.6 is 0 Å². The van der Waals surface area contributed by atoms with Crippen molar-refractivity contribution in [1.29, 1.82) is 0 Å². The van der Waals surface area contributed by atoms with E-state index in [1.807, 2.05) is 12.4 Å². The van der Waals surface area contributed by atoms with Gasteiger partial charge < -0.3 is 20.6 Å². The van der Waals surface area contributed by atoms with Crippen LogP contribution in [0.2, 0.25) is 0 Å². The normalized spacial score (nSPS) is 21.9. The first-order chi connectivity index (χ1) is 17.0. The molecule has 192 valence electrons. The summed E-state index contributed by atoms with van der Waals surface area (Å²) in [4.78, 5) is 16.8. The van der Waals surface area contributed by atoms with Crippen molar-refractivity contribution in [2.24, 2.45) is 5.92 Å². The van der Waals surface area contributed by atoms with Gasteiger partial charge in [0.15, 0.2) is 0 Å². The van der Waals surface area contributed by atoms with Crippen LogP contribution in [0.3, 0.4) is 0 Å². The molecule has 0 radical (unpaired) electrons. The SMILES string of the molecule is CCCCNc1ncc(-c2ccc(CC3CCN(C(C)C)CC3)cn2)c(NC2CCC(O)CC2)n1. The van der Waals surface area contributed by atoms with E-state index in [0.717, 1.165) is 74.5 Å². The summed E-state index contributed by atoms with van der Waals surface area (Å²) in [5.41, 5.74) is 3.15. The lowest BCUT2D eigenvalue weighted by atomic mass is 9.90. The van der Waals surface area contributed by atoms with Gasteiger partial charge >= 0.3 is 0 Å². The largest absolute Gasteiger partial charge is 0.393 e. The summed E-state index contributed by atoms with van der Waals surface area (Å²) in [5.74, 6) is 2.24. The van der Waals surface area contributed by atoms with Gasteiger partial charge in [0.25, 0.3) is 0 Å². The molecule has 1 aliphatic carbocycles. The van der Waals surface area contributed by atoms with Crippen LogP contribution in [-0.4, -0.2) is 62.8 Å². The Morgan fingerprint density at radius 1 is 1.03 bits per heavy atom. The Morgan fingerprint density at radius 2 is 1.80 bits per heavy atom. The third-order valence-electron chi connectivity index (χ3n) is 7.64. The topological polar surface area (TPSA) is 86.2 Å². The van der Waals surface area contributed by atoms with Crippen molar-refractivity contribution in [3.8, 4) is 11.3 Å². The quantitative estimate of drug-likeness (QED) is 0.407. The number of hydrogen-bond donors (Lipinski definition) is 3. The second kappa shape index (κ2) is 12.6. The fourth-order valence-electron chi connectivity index (χ4n) is 5.27. The molecule has 0 spiro atoms. The molecule has 35 heavy (non-hydrogen) atoms. The summed E-state index contributed by atoms with van der Waals surface area (Å²) >= 11 is 0. The predicted molar refractivity (Wildman–Crippen MR) is 144 cm³/mol. The van der Waals surface area contributed by atoms with E-state index in [1.165, 1.54) is 31.5 Å². The first kappa shape index (κ1) is 25.8. The zero-order chi connectivity index (χ0) is 24.6. The highest BCUT2D eigenvalue weighted by Gasteiger charge is 2.23. The third-order valence-corrected chi connectivity index (χ3v) is 7.64. The molecule has 3 heterocycles. The number of anilines is 2. The minimum absolute atomic E-state index is 0.170. The van der Waals surface area contributed by atoms with Gasteiger partial charge in [-0.1, -0.05) is 19.4 Å². The fourth-order valence-corrected chi connectivity index (χ4v) is 5.27. The molecule has 0 bridgehead atoms. The molecular weight excluding hydrogens is 436 g/mol. The molecule has 0 atom stereocenters. The molecule has 1 saturated heterocycles. The lowest BCUT2D eigenvalue weighted by molar-refractivity contribution is 0.126. The Labute approximate surface area is 211 Å². The van der Waals surface area contributed by atoms with Crippen molar-refractivity contribution in [2.75, 3.05) is 30.3 Å². The first-order valence-corrected chi connectivity index (χ1v) is 13.8. The molecular formula is C28H44N6O. The van der Waals surface area contributed by atoms with Gasteiger partial charge in [0.1, 0.15) is 5.82 Å². The summed E-state index contributed by atoms with van der Waals surface area (Å²) in [6, 6.07) is 5.31. The van der Waals surface area contributed by atoms with Crippen LogP contribution in [0, 0.1) is 5.92 Å². The molecule has 0 unspecified atom stereocenters. The van der Waals surface area contributed by atoms with Gasteiger partial charge in [-0.25, -0.2) is 4.98 Å². The highest BCUT2D eigenvalue weighted by atomic mass is 16.3. The number of aliphatic hydroxyl groups is 1. The van der Waals surface area contributed by atoms with Crippen molar-refractivity contribution < 1.29 is 5.11 Å². The smallest absolute Gasteiger partial charge is 0.224 e. The van der Waals surface area contributed by atoms with Gasteiger partial charge in [0.05, 0.1) is 17.4 Å². The molecule has 3 N–H and O–H groups in total. The Balaban J connectivity index is 1.45. The molecule has 2 aromatic rings. The number of piperidine rings is 1. The van der Waals surface area contributed by atoms with Crippen molar-refractivity contribution in [1.82, 2.24) is 19.9 Å². The van der Waals surface area contributed by atoms with E-state index in [4.69, 9.17) is 9.97 Å². The number of aromatic nitrogens is 3. The van der Waals surface area contributed by atoms with E-state index in [0.29, 0.717) is 18.0 Å². The monoisotopic (exact) mass is 480 g/mol. The Hall–Kier alpha value is -2.25. The Kier molecular flexibility index (Phi) is 9.32. The molecule has 7 heteroatoms. The molecule has 1 aliphatic heterocycles. The van der Waals surface area contributed by atoms with Crippen LogP contribution < -0.4 is 10.6 Å². The summed E-state index contributed by atoms with van der Waals surface area (Å²) < 4.78 is 0. The number of pyridine rings is 1. The van der Waals surface area contributed by atoms with Crippen molar-refractivity contribution in [3.05, 3.63) is 30.1 Å². The van der Waals surface area contributed by atoms with E-state index in [9.17, 15) is 5.11 Å². The number of nitrogens with one attached hydrogen (secondary N) is 2. The lowest BCUT2D eigenvalue weighted by Gasteiger charge is -2.34. The van der Waals surface area contributed by atoms with E-state index in [-0.39, 0.29) is 6.10 Å². The average molecular weight is 481 g/mol. The maximum atomic E-state index is 9.90. The van der Waals surface area contributed by atoms with Crippen molar-refractivity contribution in [2.45, 2.75) is 96.7 Å². The Morgan fingerprint density at radius 3 is 2.46 bits per heavy atom. The Bertz CT molecular complexity index is 902. The molecule has 7 nitrogen and oxygen atoms in total. The van der Waals surface area contributed by atoms with Crippen molar-refractivity contribution >= 4 is 11.8 Å². The number of nitrogens with zero attached hydrogens (tertiary/aromatic N) is 4. The number of hydrogen-bond acceptors (Lipinski definition) is 7. The summed E-state index contributed by atoms with van der Waals surface area (Å²) in [7, 11) is 0. The second-order valence-corrected chi connectivity index (χ2v) is 10.7. The van der Waals surface area contributed by atoms with Gasteiger partial charge in [-0.2, -0.15) is 4.98 Å². The molecule has 0 aromatic carbocycles. The van der Waals surface area contributed by atoms with Crippen LogP contribution in [0.15, 0.2) is 24.5 Å². The highest BCUT2D eigenvalue weighted by Crippen LogP contribution is 2.30. The van der Waals surface area contributed by atoms with Crippen molar-refractivity contribution in [3.63, 3.8) is 0 Å². The number of likely N-dealkylation sites (tertiary alicyclic amines) is 1. The highest BCUT2D eigenvalue weighted by molar-refractivity contribution is 5.73. The van der Waals surface area contributed by atoms with Crippen LogP contribution in [0.4, 0.5) is 11.8 Å². The van der Waals surface area contributed by atoms with E-state index in [2.05, 4.69) is 53.4 Å². The molecule has 1 saturated carbocycles. The summed E-state index contributed by atoms with van der Waals surface area (Å²) in [6.07, 6.45) is 13.2. The van der Waals surface area contributed by atoms with Crippen LogP contribution in [-0.2, 0) is 6.42 Å². The van der Waals surface area contributed by atoms with Gasteiger partial charge in [-0.05, 0) is 95.9 Å². The maximum absolute atomic E-state index is 9.90. The predicted octanol–water partition coefficient (Wildman–Crippen LogP) is 5.13. The number of rotatable bonds is 10. The van der Waals surface area contributed by atoms with E-state index in [1.54, 1.807) is 0 Å². The first-order valence-electron chi connectivity index (χ1n) is 13.8. The standard InChI is InChI=1S/C28H44N6O/c1-4-5-14-29-28-31-19-25(27(33-28)32-23-7-9-24(35)10-8-23)26-11-6-22(18-30-26)17-21-12-15-34(16-13-21)20(2)3/h6,11,18-21,23-24,35H,4-5,7-10,12-17H2,1-3H3,(H2,29,31,32,33). The van der Waals surface area contributed by atoms with Gasteiger partial charge in [0.2, 0.25) is 5.95 Å². The zero-order valence-corrected chi connectivity index (χ0v) is 21.8.